The highest BCUT2D eigenvalue weighted by atomic mass is 32.2. The molecule has 5 heteroatoms. The molecule has 0 aliphatic carbocycles. The van der Waals surface area contributed by atoms with Crippen molar-refractivity contribution in [3.05, 3.63) is 52.7 Å². The third kappa shape index (κ3) is 2.99. The highest BCUT2D eigenvalue weighted by molar-refractivity contribution is 7.98. The number of nitrogens with two attached hydrogens (primary N) is 1. The lowest BCUT2D eigenvalue weighted by Gasteiger charge is -2.06. The molecule has 3 nitrogen and oxygen atoms in total. The van der Waals surface area contributed by atoms with Gasteiger partial charge in [0, 0.05) is 16.3 Å². The molecular formula is C16H16N2OS2. The molecule has 0 aliphatic rings. The highest BCUT2D eigenvalue weighted by Crippen LogP contribution is 2.32. The van der Waals surface area contributed by atoms with Gasteiger partial charge in [-0.1, -0.05) is 18.2 Å². The maximum Gasteiger partial charge on any atom is 0.236 e. The van der Waals surface area contributed by atoms with Gasteiger partial charge in [0.2, 0.25) is 5.89 Å². The van der Waals surface area contributed by atoms with Crippen molar-refractivity contribution in [2.45, 2.75) is 24.5 Å². The van der Waals surface area contributed by atoms with E-state index < -0.39 is 0 Å². The predicted octanol–water partition coefficient (Wildman–Crippen LogP) is 4.89. The second-order valence-electron chi connectivity index (χ2n) is 4.77. The first-order chi connectivity index (χ1) is 10.1. The molecule has 1 aromatic carbocycles. The number of nitrogens with zero attached hydrogens (tertiary/aromatic N) is 1. The van der Waals surface area contributed by atoms with Crippen LogP contribution in [-0.2, 0) is 5.75 Å². The van der Waals surface area contributed by atoms with Crippen molar-refractivity contribution in [3.8, 4) is 10.8 Å². The Bertz CT molecular complexity index is 748. The molecule has 0 bridgehead atoms. The van der Waals surface area contributed by atoms with Crippen LogP contribution < -0.4 is 5.73 Å². The second kappa shape index (κ2) is 5.95. The summed E-state index contributed by atoms with van der Waals surface area (Å²) >= 11 is 3.33. The number of aryl methyl sites for hydroxylation is 2. The maximum absolute atomic E-state index is 6.10. The maximum atomic E-state index is 6.10. The van der Waals surface area contributed by atoms with Crippen LogP contribution in [0.15, 0.2) is 45.0 Å². The molecule has 2 N–H and O–H groups in total. The molecule has 2 heterocycles. The molecule has 0 saturated carbocycles. The number of thioether (sulfide) groups is 1. The van der Waals surface area contributed by atoms with Crippen LogP contribution in [0.5, 0.6) is 0 Å². The van der Waals surface area contributed by atoms with Gasteiger partial charge in [-0.05, 0) is 36.9 Å². The van der Waals surface area contributed by atoms with Crippen LogP contribution in [0.2, 0.25) is 0 Å². The zero-order chi connectivity index (χ0) is 14.8. The summed E-state index contributed by atoms with van der Waals surface area (Å²) in [5.74, 6) is 2.33. The first-order valence-electron chi connectivity index (χ1n) is 6.63. The minimum atomic E-state index is 0.704. The van der Waals surface area contributed by atoms with Crippen LogP contribution in [0.1, 0.15) is 17.0 Å². The van der Waals surface area contributed by atoms with Gasteiger partial charge in [0.05, 0.1) is 10.6 Å². The third-order valence-corrected chi connectivity index (χ3v) is 5.22. The van der Waals surface area contributed by atoms with E-state index in [1.807, 2.05) is 49.6 Å². The van der Waals surface area contributed by atoms with Gasteiger partial charge < -0.3 is 10.2 Å². The summed E-state index contributed by atoms with van der Waals surface area (Å²) in [7, 11) is 0. The number of para-hydroxylation sites is 1. The molecule has 3 rings (SSSR count). The number of benzene rings is 1. The number of anilines is 1. The summed E-state index contributed by atoms with van der Waals surface area (Å²) in [5.41, 5.74) is 9.04. The lowest BCUT2D eigenvalue weighted by Crippen LogP contribution is -1.93. The van der Waals surface area contributed by atoms with Gasteiger partial charge in [0.25, 0.3) is 0 Å². The van der Waals surface area contributed by atoms with E-state index >= 15 is 0 Å². The Morgan fingerprint density at radius 2 is 2.10 bits per heavy atom. The van der Waals surface area contributed by atoms with Gasteiger partial charge in [0.15, 0.2) is 0 Å². The average Bonchev–Trinajstić information content (AvgIpc) is 3.10. The van der Waals surface area contributed by atoms with E-state index in [1.165, 1.54) is 0 Å². The summed E-state index contributed by atoms with van der Waals surface area (Å²) in [6, 6.07) is 10.1. The van der Waals surface area contributed by atoms with Gasteiger partial charge in [0.1, 0.15) is 5.76 Å². The minimum absolute atomic E-state index is 0.704. The van der Waals surface area contributed by atoms with Gasteiger partial charge in [-0.15, -0.1) is 23.1 Å². The third-order valence-electron chi connectivity index (χ3n) is 3.27. The first kappa shape index (κ1) is 14.2. The van der Waals surface area contributed by atoms with E-state index in [9.17, 15) is 0 Å². The molecule has 0 radical (unpaired) electrons. The largest absolute Gasteiger partial charge is 0.440 e. The lowest BCUT2D eigenvalue weighted by atomic mass is 10.2. The number of oxazole rings is 1. The van der Waals surface area contributed by atoms with Gasteiger partial charge >= 0.3 is 0 Å². The molecule has 0 atom stereocenters. The topological polar surface area (TPSA) is 52.0 Å². The quantitative estimate of drug-likeness (QED) is 0.550. The molecule has 108 valence electrons. The minimum Gasteiger partial charge on any atom is -0.440 e. The van der Waals surface area contributed by atoms with E-state index in [0.29, 0.717) is 5.89 Å². The van der Waals surface area contributed by atoms with E-state index in [2.05, 4.69) is 4.98 Å². The average molecular weight is 316 g/mol. The lowest BCUT2D eigenvalue weighted by molar-refractivity contribution is 0.542. The van der Waals surface area contributed by atoms with Crippen LogP contribution in [0.4, 0.5) is 5.69 Å². The van der Waals surface area contributed by atoms with Gasteiger partial charge in [-0.2, -0.15) is 0 Å². The smallest absolute Gasteiger partial charge is 0.236 e. The van der Waals surface area contributed by atoms with Crippen LogP contribution in [0.3, 0.4) is 0 Å². The van der Waals surface area contributed by atoms with Crippen molar-refractivity contribution < 1.29 is 4.42 Å². The van der Waals surface area contributed by atoms with Crippen molar-refractivity contribution >= 4 is 28.8 Å². The van der Waals surface area contributed by atoms with E-state index in [4.69, 9.17) is 10.2 Å². The Kier molecular flexibility index (Phi) is 4.03. The fraction of sp³-hybridized carbons (Fsp3) is 0.188. The number of hydrogen-bond donors (Lipinski definition) is 1. The molecule has 21 heavy (non-hydrogen) atoms. The SMILES string of the molecule is Cc1cccc(SCc2nc(-c3cccs3)oc2C)c1N. The van der Waals surface area contributed by atoms with Crippen molar-refractivity contribution in [3.63, 3.8) is 0 Å². The Labute approximate surface area is 132 Å². The Morgan fingerprint density at radius 1 is 1.24 bits per heavy atom. The zero-order valence-electron chi connectivity index (χ0n) is 11.9. The Morgan fingerprint density at radius 3 is 2.86 bits per heavy atom. The number of rotatable bonds is 4. The Hall–Kier alpha value is -1.72. The monoisotopic (exact) mass is 316 g/mol. The van der Waals surface area contributed by atoms with Crippen LogP contribution >= 0.6 is 23.1 Å². The van der Waals surface area contributed by atoms with Crippen molar-refractivity contribution in [2.24, 2.45) is 0 Å². The highest BCUT2D eigenvalue weighted by Gasteiger charge is 2.13. The van der Waals surface area contributed by atoms with Crippen molar-refractivity contribution in [2.75, 3.05) is 5.73 Å². The van der Waals surface area contributed by atoms with Crippen LogP contribution in [-0.4, -0.2) is 4.98 Å². The molecule has 0 saturated heterocycles. The molecule has 3 aromatic rings. The van der Waals surface area contributed by atoms with Crippen molar-refractivity contribution in [1.82, 2.24) is 4.98 Å². The fourth-order valence-corrected chi connectivity index (χ4v) is 3.69. The number of hydrogen-bond acceptors (Lipinski definition) is 5. The molecule has 0 unspecified atom stereocenters. The standard InChI is InChI=1S/C16H16N2OS2/c1-10-5-3-6-13(15(10)17)21-9-12-11(2)19-16(18-12)14-7-4-8-20-14/h3-8H,9,17H2,1-2H3. The molecular weight excluding hydrogens is 300 g/mol. The first-order valence-corrected chi connectivity index (χ1v) is 8.49. The van der Waals surface area contributed by atoms with E-state index in [-0.39, 0.29) is 0 Å². The summed E-state index contributed by atoms with van der Waals surface area (Å²) in [6.07, 6.45) is 0. The van der Waals surface area contributed by atoms with Gasteiger partial charge in [-0.3, -0.25) is 0 Å². The molecule has 0 aliphatic heterocycles. The number of thiophene rings is 1. The van der Waals surface area contributed by atoms with E-state index in [0.717, 1.165) is 38.2 Å². The zero-order valence-corrected chi connectivity index (χ0v) is 13.6. The van der Waals surface area contributed by atoms with Gasteiger partial charge in [-0.25, -0.2) is 4.98 Å². The molecule has 0 fully saturated rings. The fourth-order valence-electron chi connectivity index (χ4n) is 1.99. The molecule has 0 amide bonds. The predicted molar refractivity (Wildman–Crippen MR) is 89.7 cm³/mol. The van der Waals surface area contributed by atoms with Crippen LogP contribution in [0.25, 0.3) is 10.8 Å². The number of aromatic nitrogens is 1. The molecule has 0 spiro atoms. The van der Waals surface area contributed by atoms with Crippen LogP contribution in [0, 0.1) is 13.8 Å². The summed E-state index contributed by atoms with van der Waals surface area (Å²) in [5, 5.41) is 2.02. The second-order valence-corrected chi connectivity index (χ2v) is 6.74. The molecule has 2 aromatic heterocycles. The Balaban J connectivity index is 1.78. The van der Waals surface area contributed by atoms with Crippen molar-refractivity contribution in [1.29, 1.82) is 0 Å². The normalized spacial score (nSPS) is 11.0. The summed E-state index contributed by atoms with van der Waals surface area (Å²) < 4.78 is 5.76. The summed E-state index contributed by atoms with van der Waals surface area (Å²) in [6.45, 7) is 3.98. The summed E-state index contributed by atoms with van der Waals surface area (Å²) in [4.78, 5) is 6.75. The van der Waals surface area contributed by atoms with E-state index in [1.54, 1.807) is 23.1 Å². The number of nitrogen functional groups attached to an aromatic ring is 1.